The van der Waals surface area contributed by atoms with E-state index in [0.717, 1.165) is 25.0 Å². The molecule has 110 valence electrons. The van der Waals surface area contributed by atoms with Crippen molar-refractivity contribution in [2.45, 2.75) is 38.0 Å². The van der Waals surface area contributed by atoms with Gasteiger partial charge in [-0.15, -0.1) is 0 Å². The molecule has 0 radical (unpaired) electrons. The van der Waals surface area contributed by atoms with Crippen LogP contribution in [0.2, 0.25) is 0 Å². The van der Waals surface area contributed by atoms with E-state index >= 15 is 0 Å². The summed E-state index contributed by atoms with van der Waals surface area (Å²) in [5, 5.41) is 8.71. The summed E-state index contributed by atoms with van der Waals surface area (Å²) in [6.45, 7) is 0.734. The van der Waals surface area contributed by atoms with Crippen molar-refractivity contribution in [3.63, 3.8) is 0 Å². The fraction of sp³-hybridized carbons (Fsp3) is 0.500. The van der Waals surface area contributed by atoms with Gasteiger partial charge in [-0.1, -0.05) is 18.2 Å². The molecule has 0 bridgehead atoms. The van der Waals surface area contributed by atoms with E-state index in [-0.39, 0.29) is 6.42 Å². The summed E-state index contributed by atoms with van der Waals surface area (Å²) in [5.74, 6) is -0.889. The Kier molecular flexibility index (Phi) is 4.32. The molecule has 0 atom stereocenters. The number of alkyl halides is 3. The fourth-order valence-corrected chi connectivity index (χ4v) is 2.15. The first-order valence-corrected chi connectivity index (χ1v) is 6.48. The number of carbonyl (C=O) groups is 1. The largest absolute Gasteiger partial charge is 0.481 e. The molecule has 1 aromatic rings. The Balaban J connectivity index is 2.04. The summed E-state index contributed by atoms with van der Waals surface area (Å²) in [6.07, 6.45) is -2.37. The molecule has 1 fully saturated rings. The first kappa shape index (κ1) is 14.8. The average Bonchev–Trinajstić information content (AvgIpc) is 3.18. The molecular weight excluding hydrogens is 271 g/mol. The second-order valence-electron chi connectivity index (χ2n) is 5.04. The number of aliphatic carboxylic acids is 1. The molecule has 0 aromatic heterocycles. The topological polar surface area (TPSA) is 40.5 Å². The Morgan fingerprint density at radius 2 is 2.05 bits per heavy atom. The van der Waals surface area contributed by atoms with Gasteiger partial charge in [0, 0.05) is 19.1 Å². The van der Waals surface area contributed by atoms with Crippen molar-refractivity contribution >= 4 is 5.97 Å². The van der Waals surface area contributed by atoms with Gasteiger partial charge in [-0.05, 0) is 24.5 Å². The number of benzene rings is 1. The van der Waals surface area contributed by atoms with Gasteiger partial charge in [0.25, 0.3) is 0 Å². The average molecular weight is 287 g/mol. The Hall–Kier alpha value is -1.56. The van der Waals surface area contributed by atoms with Crippen LogP contribution in [-0.4, -0.2) is 28.6 Å². The van der Waals surface area contributed by atoms with Crippen LogP contribution in [0.1, 0.15) is 30.4 Å². The molecule has 1 saturated carbocycles. The maximum atomic E-state index is 12.6. The summed E-state index contributed by atoms with van der Waals surface area (Å²) < 4.78 is 37.9. The van der Waals surface area contributed by atoms with E-state index in [1.807, 2.05) is 4.90 Å². The van der Waals surface area contributed by atoms with E-state index in [0.29, 0.717) is 24.7 Å². The van der Waals surface area contributed by atoms with Crippen molar-refractivity contribution in [2.75, 3.05) is 6.54 Å². The molecule has 0 spiro atoms. The minimum Gasteiger partial charge on any atom is -0.481 e. The smallest absolute Gasteiger partial charge is 0.416 e. The molecule has 0 amide bonds. The summed E-state index contributed by atoms with van der Waals surface area (Å²) in [6, 6.07) is 5.52. The lowest BCUT2D eigenvalue weighted by Gasteiger charge is -2.21. The van der Waals surface area contributed by atoms with Crippen molar-refractivity contribution < 1.29 is 23.1 Å². The molecule has 0 aliphatic heterocycles. The zero-order valence-corrected chi connectivity index (χ0v) is 10.9. The standard InChI is InChI=1S/C14H16F3NO2/c15-14(16,17)11-3-1-2-10(8-11)9-18(12-4-5-12)7-6-13(19)20/h1-3,8,12H,4-7,9H2,(H,19,20). The SMILES string of the molecule is O=C(O)CCN(Cc1cccc(C(F)(F)F)c1)C1CC1. The van der Waals surface area contributed by atoms with Crippen LogP contribution < -0.4 is 0 Å². The number of halogens is 3. The van der Waals surface area contributed by atoms with Crippen LogP contribution in [0.3, 0.4) is 0 Å². The van der Waals surface area contributed by atoms with Crippen LogP contribution in [0.4, 0.5) is 13.2 Å². The monoisotopic (exact) mass is 287 g/mol. The molecule has 0 heterocycles. The third-order valence-electron chi connectivity index (χ3n) is 3.32. The summed E-state index contributed by atoms with van der Waals surface area (Å²) in [5.41, 5.74) is -0.0962. The molecule has 1 aromatic carbocycles. The molecule has 3 nitrogen and oxygen atoms in total. The van der Waals surface area contributed by atoms with Crippen LogP contribution >= 0.6 is 0 Å². The second kappa shape index (κ2) is 5.83. The van der Waals surface area contributed by atoms with Gasteiger partial charge in [0.15, 0.2) is 0 Å². The molecule has 6 heteroatoms. The van der Waals surface area contributed by atoms with E-state index in [1.54, 1.807) is 6.07 Å². The van der Waals surface area contributed by atoms with Crippen LogP contribution in [0.25, 0.3) is 0 Å². The Morgan fingerprint density at radius 3 is 2.60 bits per heavy atom. The van der Waals surface area contributed by atoms with Crippen molar-refractivity contribution in [1.82, 2.24) is 4.90 Å². The van der Waals surface area contributed by atoms with Crippen molar-refractivity contribution in [1.29, 1.82) is 0 Å². The molecule has 0 saturated heterocycles. The van der Waals surface area contributed by atoms with E-state index in [2.05, 4.69) is 0 Å². The molecule has 0 unspecified atom stereocenters. The lowest BCUT2D eigenvalue weighted by molar-refractivity contribution is -0.138. The highest BCUT2D eigenvalue weighted by Gasteiger charge is 2.32. The van der Waals surface area contributed by atoms with Crippen molar-refractivity contribution in [2.24, 2.45) is 0 Å². The zero-order chi connectivity index (χ0) is 14.8. The van der Waals surface area contributed by atoms with Gasteiger partial charge in [-0.3, -0.25) is 9.69 Å². The van der Waals surface area contributed by atoms with Gasteiger partial charge in [0.05, 0.1) is 12.0 Å². The molecule has 1 aliphatic rings. The predicted molar refractivity (Wildman–Crippen MR) is 67.1 cm³/mol. The summed E-state index contributed by atoms with van der Waals surface area (Å²) >= 11 is 0. The zero-order valence-electron chi connectivity index (χ0n) is 10.9. The van der Waals surface area contributed by atoms with E-state index in [1.165, 1.54) is 6.07 Å². The normalized spacial score (nSPS) is 15.6. The third-order valence-corrected chi connectivity index (χ3v) is 3.32. The molecule has 20 heavy (non-hydrogen) atoms. The van der Waals surface area contributed by atoms with Crippen LogP contribution in [-0.2, 0) is 17.5 Å². The third kappa shape index (κ3) is 4.23. The number of hydrogen-bond donors (Lipinski definition) is 1. The van der Waals surface area contributed by atoms with Gasteiger partial charge in [0.2, 0.25) is 0 Å². The van der Waals surface area contributed by atoms with Gasteiger partial charge in [-0.2, -0.15) is 13.2 Å². The fourth-order valence-electron chi connectivity index (χ4n) is 2.15. The van der Waals surface area contributed by atoms with Crippen LogP contribution in [0.5, 0.6) is 0 Å². The second-order valence-corrected chi connectivity index (χ2v) is 5.04. The number of carboxylic acid groups (broad SMARTS) is 1. The molecule has 2 rings (SSSR count). The lowest BCUT2D eigenvalue weighted by atomic mass is 10.1. The van der Waals surface area contributed by atoms with Gasteiger partial charge >= 0.3 is 12.1 Å². The van der Waals surface area contributed by atoms with E-state index in [9.17, 15) is 18.0 Å². The van der Waals surface area contributed by atoms with E-state index < -0.39 is 17.7 Å². The molecule has 1 aliphatic carbocycles. The number of hydrogen-bond acceptors (Lipinski definition) is 2. The van der Waals surface area contributed by atoms with Crippen LogP contribution in [0.15, 0.2) is 24.3 Å². The number of carboxylic acids is 1. The highest BCUT2D eigenvalue weighted by Crippen LogP contribution is 2.31. The van der Waals surface area contributed by atoms with E-state index in [4.69, 9.17) is 5.11 Å². The predicted octanol–water partition coefficient (Wildman–Crippen LogP) is 3.14. The molecular formula is C14H16F3NO2. The number of rotatable bonds is 6. The highest BCUT2D eigenvalue weighted by molar-refractivity contribution is 5.66. The highest BCUT2D eigenvalue weighted by atomic mass is 19.4. The van der Waals surface area contributed by atoms with Gasteiger partial charge in [0.1, 0.15) is 0 Å². The first-order valence-electron chi connectivity index (χ1n) is 6.48. The lowest BCUT2D eigenvalue weighted by Crippen LogP contribution is -2.28. The Labute approximate surface area is 115 Å². The first-order chi connectivity index (χ1) is 9.36. The Morgan fingerprint density at radius 1 is 1.35 bits per heavy atom. The number of nitrogens with zero attached hydrogens (tertiary/aromatic N) is 1. The quantitative estimate of drug-likeness (QED) is 0.873. The maximum Gasteiger partial charge on any atom is 0.416 e. The van der Waals surface area contributed by atoms with Crippen LogP contribution in [0, 0.1) is 0 Å². The Bertz CT molecular complexity index is 484. The van der Waals surface area contributed by atoms with Crippen molar-refractivity contribution in [3.8, 4) is 0 Å². The summed E-state index contributed by atoms with van der Waals surface area (Å²) in [7, 11) is 0. The van der Waals surface area contributed by atoms with Gasteiger partial charge in [-0.25, -0.2) is 0 Å². The maximum absolute atomic E-state index is 12.6. The molecule has 1 N–H and O–H groups in total. The van der Waals surface area contributed by atoms with Gasteiger partial charge < -0.3 is 5.11 Å². The summed E-state index contributed by atoms with van der Waals surface area (Å²) in [4.78, 5) is 12.6. The van der Waals surface area contributed by atoms with Crippen molar-refractivity contribution in [3.05, 3.63) is 35.4 Å². The minimum absolute atomic E-state index is 0.00939. The minimum atomic E-state index is -4.35.